The van der Waals surface area contributed by atoms with Crippen molar-refractivity contribution in [2.24, 2.45) is 28.6 Å². The summed E-state index contributed by atoms with van der Waals surface area (Å²) in [5.41, 5.74) is 1.47. The van der Waals surface area contributed by atoms with Gasteiger partial charge in [-0.1, -0.05) is 39.3 Å². The van der Waals surface area contributed by atoms with Crippen molar-refractivity contribution in [3.8, 4) is 0 Å². The van der Waals surface area contributed by atoms with E-state index < -0.39 is 11.4 Å². The SMILES string of the molecule is CC(C)C1=CC2=CC[C@H]3[C@](C)(CCC[C@@]3(C)C(=O)O)[C@@H]2CC1=O. The van der Waals surface area contributed by atoms with Crippen LogP contribution < -0.4 is 0 Å². The molecule has 1 fully saturated rings. The largest absolute Gasteiger partial charge is 0.481 e. The fourth-order valence-electron chi connectivity index (χ4n) is 5.45. The van der Waals surface area contributed by atoms with E-state index in [1.807, 2.05) is 6.92 Å². The van der Waals surface area contributed by atoms with Gasteiger partial charge in [-0.25, -0.2) is 0 Å². The monoisotopic (exact) mass is 316 g/mol. The van der Waals surface area contributed by atoms with Gasteiger partial charge in [-0.2, -0.15) is 0 Å². The molecular weight excluding hydrogens is 288 g/mol. The molecule has 0 radical (unpaired) electrons. The maximum Gasteiger partial charge on any atom is 0.309 e. The van der Waals surface area contributed by atoms with Crippen molar-refractivity contribution in [3.05, 3.63) is 23.3 Å². The summed E-state index contributed by atoms with van der Waals surface area (Å²) in [7, 11) is 0. The zero-order chi connectivity index (χ0) is 17.0. The number of hydrogen-bond donors (Lipinski definition) is 1. The molecule has 0 aromatic carbocycles. The van der Waals surface area contributed by atoms with Crippen LogP contribution in [0.25, 0.3) is 0 Å². The fourth-order valence-corrected chi connectivity index (χ4v) is 5.45. The number of carbonyl (C=O) groups excluding carboxylic acids is 1. The Labute approximate surface area is 138 Å². The predicted molar refractivity (Wildman–Crippen MR) is 89.9 cm³/mol. The fraction of sp³-hybridized carbons (Fsp3) is 0.700. The Bertz CT molecular complexity index is 612. The van der Waals surface area contributed by atoms with Gasteiger partial charge in [0.25, 0.3) is 0 Å². The molecule has 3 aliphatic carbocycles. The van der Waals surface area contributed by atoms with Gasteiger partial charge in [0.1, 0.15) is 0 Å². The first-order chi connectivity index (χ1) is 10.7. The lowest BCUT2D eigenvalue weighted by Crippen LogP contribution is -2.53. The van der Waals surface area contributed by atoms with Crippen LogP contribution in [0.15, 0.2) is 23.3 Å². The van der Waals surface area contributed by atoms with Crippen molar-refractivity contribution in [3.63, 3.8) is 0 Å². The summed E-state index contributed by atoms with van der Waals surface area (Å²) < 4.78 is 0. The molecule has 126 valence electrons. The van der Waals surface area contributed by atoms with E-state index >= 15 is 0 Å². The van der Waals surface area contributed by atoms with E-state index in [0.717, 1.165) is 31.3 Å². The molecule has 0 saturated heterocycles. The van der Waals surface area contributed by atoms with Gasteiger partial charge in [0.2, 0.25) is 0 Å². The summed E-state index contributed by atoms with van der Waals surface area (Å²) in [6, 6.07) is 0. The highest BCUT2D eigenvalue weighted by molar-refractivity contribution is 5.98. The van der Waals surface area contributed by atoms with Crippen molar-refractivity contribution in [2.45, 2.75) is 59.8 Å². The molecule has 0 amide bonds. The Balaban J connectivity index is 2.05. The smallest absolute Gasteiger partial charge is 0.309 e. The summed E-state index contributed by atoms with van der Waals surface area (Å²) in [6.07, 6.45) is 8.42. The Kier molecular flexibility index (Phi) is 3.81. The minimum atomic E-state index is -0.675. The number of aliphatic carboxylic acids is 1. The van der Waals surface area contributed by atoms with Crippen molar-refractivity contribution in [2.75, 3.05) is 0 Å². The van der Waals surface area contributed by atoms with E-state index in [9.17, 15) is 14.7 Å². The molecule has 0 aromatic rings. The molecular formula is C20H28O3. The topological polar surface area (TPSA) is 54.4 Å². The Morgan fingerprint density at radius 2 is 2.00 bits per heavy atom. The zero-order valence-electron chi connectivity index (χ0n) is 14.7. The van der Waals surface area contributed by atoms with Gasteiger partial charge in [0, 0.05) is 6.42 Å². The molecule has 3 aliphatic rings. The molecule has 0 unspecified atom stereocenters. The van der Waals surface area contributed by atoms with Gasteiger partial charge in [-0.05, 0) is 60.5 Å². The number of fused-ring (bicyclic) bond motifs is 3. The van der Waals surface area contributed by atoms with E-state index in [0.29, 0.717) is 6.42 Å². The van der Waals surface area contributed by atoms with E-state index in [1.165, 1.54) is 5.57 Å². The molecule has 0 aromatic heterocycles. The molecule has 3 rings (SSSR count). The number of allylic oxidation sites excluding steroid dienone is 4. The lowest BCUT2D eigenvalue weighted by atomic mass is 9.47. The maximum atomic E-state index is 12.6. The van der Waals surface area contributed by atoms with E-state index in [4.69, 9.17) is 0 Å². The van der Waals surface area contributed by atoms with Crippen LogP contribution in [0.4, 0.5) is 0 Å². The van der Waals surface area contributed by atoms with Gasteiger partial charge in [-0.3, -0.25) is 9.59 Å². The molecule has 0 spiro atoms. The Morgan fingerprint density at radius 3 is 2.61 bits per heavy atom. The summed E-state index contributed by atoms with van der Waals surface area (Å²) in [6.45, 7) is 8.29. The lowest BCUT2D eigenvalue weighted by Gasteiger charge is -2.56. The minimum Gasteiger partial charge on any atom is -0.481 e. The van der Waals surface area contributed by atoms with Crippen molar-refractivity contribution in [1.82, 2.24) is 0 Å². The van der Waals surface area contributed by atoms with Crippen molar-refractivity contribution >= 4 is 11.8 Å². The maximum absolute atomic E-state index is 12.6. The molecule has 0 heterocycles. The third-order valence-electron chi connectivity index (χ3n) is 6.91. The number of carboxylic acids is 1. The highest BCUT2D eigenvalue weighted by Crippen LogP contribution is 2.61. The van der Waals surface area contributed by atoms with Crippen LogP contribution in [0.1, 0.15) is 59.8 Å². The molecule has 0 bridgehead atoms. The predicted octanol–water partition coefficient (Wildman–Crippen LogP) is 4.39. The summed E-state index contributed by atoms with van der Waals surface area (Å²) in [4.78, 5) is 24.5. The molecule has 3 nitrogen and oxygen atoms in total. The van der Waals surface area contributed by atoms with E-state index in [1.54, 1.807) is 0 Å². The average Bonchev–Trinajstić information content (AvgIpc) is 2.46. The van der Waals surface area contributed by atoms with Crippen LogP contribution in [0.5, 0.6) is 0 Å². The number of carboxylic acid groups (broad SMARTS) is 1. The number of Topliss-reactive ketones (excluding diaryl/α,β-unsaturated/α-hetero) is 1. The third-order valence-corrected chi connectivity index (χ3v) is 6.91. The summed E-state index contributed by atoms with van der Waals surface area (Å²) in [5, 5.41) is 9.81. The molecule has 1 N–H and O–H groups in total. The number of carbonyl (C=O) groups is 2. The van der Waals surface area contributed by atoms with Crippen LogP contribution in [0.2, 0.25) is 0 Å². The second-order valence-electron chi connectivity index (χ2n) is 8.51. The summed E-state index contributed by atoms with van der Waals surface area (Å²) in [5.74, 6) is 0.148. The first-order valence-electron chi connectivity index (χ1n) is 8.88. The number of ketones is 1. The molecule has 4 atom stereocenters. The normalized spacial score (nSPS) is 40.1. The highest BCUT2D eigenvalue weighted by Gasteiger charge is 2.57. The second-order valence-corrected chi connectivity index (χ2v) is 8.51. The van der Waals surface area contributed by atoms with Gasteiger partial charge >= 0.3 is 5.97 Å². The lowest BCUT2D eigenvalue weighted by molar-refractivity contribution is -0.162. The first-order valence-corrected chi connectivity index (χ1v) is 8.88. The third kappa shape index (κ3) is 2.31. The van der Waals surface area contributed by atoms with Crippen LogP contribution in [-0.2, 0) is 9.59 Å². The zero-order valence-corrected chi connectivity index (χ0v) is 14.7. The van der Waals surface area contributed by atoms with Crippen molar-refractivity contribution in [1.29, 1.82) is 0 Å². The molecule has 3 heteroatoms. The average molecular weight is 316 g/mol. The highest BCUT2D eigenvalue weighted by atomic mass is 16.4. The number of rotatable bonds is 2. The quantitative estimate of drug-likeness (QED) is 0.822. The van der Waals surface area contributed by atoms with Crippen molar-refractivity contribution < 1.29 is 14.7 Å². The van der Waals surface area contributed by atoms with Gasteiger partial charge in [-0.15, -0.1) is 0 Å². The van der Waals surface area contributed by atoms with Gasteiger partial charge in [0.05, 0.1) is 5.41 Å². The minimum absolute atomic E-state index is 0.0792. The number of hydrogen-bond acceptors (Lipinski definition) is 2. The van der Waals surface area contributed by atoms with Gasteiger partial charge in [0.15, 0.2) is 5.78 Å². The first kappa shape index (κ1) is 16.5. The van der Waals surface area contributed by atoms with E-state index in [2.05, 4.69) is 32.9 Å². The molecule has 0 aliphatic heterocycles. The Hall–Kier alpha value is -1.38. The van der Waals surface area contributed by atoms with Crippen LogP contribution in [0, 0.1) is 28.6 Å². The van der Waals surface area contributed by atoms with Crippen LogP contribution in [-0.4, -0.2) is 16.9 Å². The standard InChI is InChI=1S/C20H28O3/c1-12(2)14-10-13-6-7-17-19(3,15(13)11-16(14)21)8-5-9-20(17,4)18(22)23/h6,10,12,15,17H,5,7-9,11H2,1-4H3,(H,22,23)/t15-,17+,19-,20-/m1/s1. The van der Waals surface area contributed by atoms with E-state index in [-0.39, 0.29) is 29.0 Å². The molecule has 23 heavy (non-hydrogen) atoms. The summed E-state index contributed by atoms with van der Waals surface area (Å²) >= 11 is 0. The Morgan fingerprint density at radius 1 is 1.30 bits per heavy atom. The molecule has 1 saturated carbocycles. The van der Waals surface area contributed by atoms with Gasteiger partial charge < -0.3 is 5.11 Å². The van der Waals surface area contributed by atoms with Crippen LogP contribution >= 0.6 is 0 Å². The second kappa shape index (κ2) is 5.32. The van der Waals surface area contributed by atoms with Crippen LogP contribution in [0.3, 0.4) is 0 Å².